The number of nitrogens with zero attached hydrogens (tertiary/aromatic N) is 3. The molecule has 1 atom stereocenters. The molecule has 0 aliphatic carbocycles. The van der Waals surface area contributed by atoms with Crippen molar-refractivity contribution < 1.29 is 4.79 Å². The quantitative estimate of drug-likeness (QED) is 0.889. The number of nitrogen functional groups attached to an aromatic ring is 1. The number of rotatable bonds is 3. The van der Waals surface area contributed by atoms with Gasteiger partial charge in [-0.3, -0.25) is 9.48 Å². The highest BCUT2D eigenvalue weighted by atomic mass is 16.2. The fraction of sp³-hybridized carbons (Fsp3) is 0.692. The van der Waals surface area contributed by atoms with Crippen LogP contribution in [0.3, 0.4) is 0 Å². The lowest BCUT2D eigenvalue weighted by Crippen LogP contribution is -2.36. The third kappa shape index (κ3) is 1.98. The van der Waals surface area contributed by atoms with E-state index in [0.29, 0.717) is 24.0 Å². The van der Waals surface area contributed by atoms with Crippen LogP contribution < -0.4 is 5.73 Å². The summed E-state index contributed by atoms with van der Waals surface area (Å²) in [5, 5.41) is 4.32. The maximum Gasteiger partial charge on any atom is 0.274 e. The number of hydrogen-bond acceptors (Lipinski definition) is 3. The van der Waals surface area contributed by atoms with E-state index in [1.165, 1.54) is 0 Å². The Morgan fingerprint density at radius 3 is 2.83 bits per heavy atom. The molecule has 1 saturated heterocycles. The number of likely N-dealkylation sites (tertiary alicyclic amines) is 1. The highest BCUT2D eigenvalue weighted by Crippen LogP contribution is 2.25. The Hall–Kier alpha value is -1.52. The van der Waals surface area contributed by atoms with Gasteiger partial charge in [-0.25, -0.2) is 0 Å². The topological polar surface area (TPSA) is 64.2 Å². The van der Waals surface area contributed by atoms with E-state index in [1.807, 2.05) is 18.7 Å². The van der Waals surface area contributed by atoms with E-state index < -0.39 is 0 Å². The van der Waals surface area contributed by atoms with E-state index in [4.69, 9.17) is 5.73 Å². The fourth-order valence-electron chi connectivity index (χ4n) is 2.71. The molecule has 0 aromatic carbocycles. The van der Waals surface area contributed by atoms with Gasteiger partial charge in [0.05, 0.1) is 11.4 Å². The molecule has 0 spiro atoms. The Morgan fingerprint density at radius 1 is 1.50 bits per heavy atom. The van der Waals surface area contributed by atoms with E-state index in [9.17, 15) is 4.79 Å². The minimum atomic E-state index is 0.0410. The number of nitrogens with two attached hydrogens (primary N) is 1. The molecule has 1 aliphatic rings. The van der Waals surface area contributed by atoms with E-state index in [2.05, 4.69) is 12.0 Å². The second-order valence-corrected chi connectivity index (χ2v) is 4.87. The normalized spacial score (nSPS) is 19.5. The standard InChI is InChI=1S/C13H22N4O/c1-4-10-7-6-8-16(10)13(18)12-11(14)9(3)15-17(12)5-2/h10H,4-8,14H2,1-3H3. The molecule has 2 rings (SSSR count). The molecule has 100 valence electrons. The van der Waals surface area contributed by atoms with Gasteiger partial charge in [-0.15, -0.1) is 0 Å². The molecular formula is C13H22N4O. The molecule has 2 heterocycles. The first-order valence-corrected chi connectivity index (χ1v) is 6.73. The average Bonchev–Trinajstić information content (AvgIpc) is 2.94. The highest BCUT2D eigenvalue weighted by molar-refractivity contribution is 5.98. The maximum atomic E-state index is 12.6. The zero-order valence-electron chi connectivity index (χ0n) is 11.4. The van der Waals surface area contributed by atoms with Gasteiger partial charge in [0, 0.05) is 19.1 Å². The van der Waals surface area contributed by atoms with Gasteiger partial charge in [0.2, 0.25) is 0 Å². The van der Waals surface area contributed by atoms with Crippen LogP contribution in [0.4, 0.5) is 5.69 Å². The van der Waals surface area contributed by atoms with Gasteiger partial charge in [-0.1, -0.05) is 6.92 Å². The minimum absolute atomic E-state index is 0.0410. The summed E-state index contributed by atoms with van der Waals surface area (Å²) >= 11 is 0. The molecule has 5 heteroatoms. The van der Waals surface area contributed by atoms with Gasteiger partial charge in [0.25, 0.3) is 5.91 Å². The zero-order chi connectivity index (χ0) is 13.3. The summed E-state index contributed by atoms with van der Waals surface area (Å²) in [6.07, 6.45) is 3.19. The van der Waals surface area contributed by atoms with E-state index in [-0.39, 0.29) is 5.91 Å². The first kappa shape index (κ1) is 12.9. The van der Waals surface area contributed by atoms with Crippen molar-refractivity contribution in [3.05, 3.63) is 11.4 Å². The molecule has 0 radical (unpaired) electrons. The molecule has 1 aromatic rings. The van der Waals surface area contributed by atoms with Crippen LogP contribution in [0.5, 0.6) is 0 Å². The number of hydrogen-bond donors (Lipinski definition) is 1. The number of aromatic nitrogens is 2. The molecule has 0 saturated carbocycles. The van der Waals surface area contributed by atoms with E-state index in [1.54, 1.807) is 4.68 Å². The van der Waals surface area contributed by atoms with Crippen LogP contribution in [-0.2, 0) is 6.54 Å². The summed E-state index contributed by atoms with van der Waals surface area (Å²) in [5.74, 6) is 0.0410. The second-order valence-electron chi connectivity index (χ2n) is 4.87. The van der Waals surface area contributed by atoms with Crippen molar-refractivity contribution in [3.63, 3.8) is 0 Å². The molecule has 1 aromatic heterocycles. The van der Waals surface area contributed by atoms with Crippen LogP contribution in [-0.4, -0.2) is 33.2 Å². The van der Waals surface area contributed by atoms with Crippen LogP contribution in [0, 0.1) is 6.92 Å². The summed E-state index contributed by atoms with van der Waals surface area (Å²) in [5.41, 5.74) is 7.84. The van der Waals surface area contributed by atoms with Crippen molar-refractivity contribution in [2.75, 3.05) is 12.3 Å². The minimum Gasteiger partial charge on any atom is -0.395 e. The Morgan fingerprint density at radius 2 is 2.22 bits per heavy atom. The first-order chi connectivity index (χ1) is 8.60. The SMILES string of the molecule is CCC1CCCN1C(=O)c1c(N)c(C)nn1CC. The summed E-state index contributed by atoms with van der Waals surface area (Å²) in [6.45, 7) is 7.46. The zero-order valence-corrected chi connectivity index (χ0v) is 11.4. The van der Waals surface area contributed by atoms with Gasteiger partial charge in [0.1, 0.15) is 5.69 Å². The van der Waals surface area contributed by atoms with Crippen molar-refractivity contribution in [3.8, 4) is 0 Å². The Balaban J connectivity index is 2.33. The number of carbonyl (C=O) groups is 1. The van der Waals surface area contributed by atoms with Gasteiger partial charge in [0.15, 0.2) is 0 Å². The molecule has 18 heavy (non-hydrogen) atoms. The number of amides is 1. The van der Waals surface area contributed by atoms with Crippen LogP contribution in [0.2, 0.25) is 0 Å². The van der Waals surface area contributed by atoms with Crippen molar-refractivity contribution >= 4 is 11.6 Å². The van der Waals surface area contributed by atoms with Gasteiger partial charge >= 0.3 is 0 Å². The molecule has 0 bridgehead atoms. The molecule has 2 N–H and O–H groups in total. The lowest BCUT2D eigenvalue weighted by Gasteiger charge is -2.24. The molecule has 1 amide bonds. The largest absolute Gasteiger partial charge is 0.395 e. The molecular weight excluding hydrogens is 228 g/mol. The van der Waals surface area contributed by atoms with Gasteiger partial charge in [-0.05, 0) is 33.1 Å². The van der Waals surface area contributed by atoms with Crippen LogP contribution in [0.1, 0.15) is 49.3 Å². The molecule has 5 nitrogen and oxygen atoms in total. The van der Waals surface area contributed by atoms with Crippen molar-refractivity contribution in [1.82, 2.24) is 14.7 Å². The fourth-order valence-corrected chi connectivity index (χ4v) is 2.71. The van der Waals surface area contributed by atoms with Crippen molar-refractivity contribution in [2.45, 2.75) is 52.6 Å². The third-order valence-corrected chi connectivity index (χ3v) is 3.79. The van der Waals surface area contributed by atoms with Gasteiger partial charge < -0.3 is 10.6 Å². The number of carbonyl (C=O) groups excluding carboxylic acids is 1. The predicted molar refractivity (Wildman–Crippen MR) is 71.4 cm³/mol. The number of aryl methyl sites for hydroxylation is 2. The Bertz CT molecular complexity index is 452. The van der Waals surface area contributed by atoms with Crippen molar-refractivity contribution in [2.24, 2.45) is 0 Å². The lowest BCUT2D eigenvalue weighted by atomic mass is 10.1. The summed E-state index contributed by atoms with van der Waals surface area (Å²) < 4.78 is 1.72. The predicted octanol–water partition coefficient (Wildman–Crippen LogP) is 1.81. The molecule has 1 fully saturated rings. The smallest absolute Gasteiger partial charge is 0.274 e. The Kier molecular flexibility index (Phi) is 3.59. The van der Waals surface area contributed by atoms with Crippen LogP contribution in [0.15, 0.2) is 0 Å². The van der Waals surface area contributed by atoms with Crippen LogP contribution in [0.25, 0.3) is 0 Å². The summed E-state index contributed by atoms with van der Waals surface area (Å²) in [6, 6.07) is 0.359. The van der Waals surface area contributed by atoms with Crippen molar-refractivity contribution in [1.29, 1.82) is 0 Å². The van der Waals surface area contributed by atoms with E-state index >= 15 is 0 Å². The monoisotopic (exact) mass is 250 g/mol. The summed E-state index contributed by atoms with van der Waals surface area (Å²) in [4.78, 5) is 14.6. The summed E-state index contributed by atoms with van der Waals surface area (Å²) in [7, 11) is 0. The highest BCUT2D eigenvalue weighted by Gasteiger charge is 2.31. The van der Waals surface area contributed by atoms with Gasteiger partial charge in [-0.2, -0.15) is 5.10 Å². The third-order valence-electron chi connectivity index (χ3n) is 3.79. The van der Waals surface area contributed by atoms with Crippen LogP contribution >= 0.6 is 0 Å². The maximum absolute atomic E-state index is 12.6. The molecule has 1 aliphatic heterocycles. The average molecular weight is 250 g/mol. The second kappa shape index (κ2) is 5.00. The first-order valence-electron chi connectivity index (χ1n) is 6.73. The Labute approximate surface area is 108 Å². The molecule has 1 unspecified atom stereocenters. The van der Waals surface area contributed by atoms with E-state index in [0.717, 1.165) is 31.5 Å². The number of anilines is 1. The lowest BCUT2D eigenvalue weighted by molar-refractivity contribution is 0.0722.